The van der Waals surface area contributed by atoms with E-state index in [1.54, 1.807) is 6.08 Å². The molecule has 0 saturated carbocycles. The molecule has 0 spiro atoms. The number of carboxylic acid groups (broad SMARTS) is 1. The largest absolute Gasteiger partial charge is 0.481 e. The first kappa shape index (κ1) is 25.2. The van der Waals surface area contributed by atoms with Crippen LogP contribution in [0, 0.1) is 5.92 Å². The molecule has 0 aromatic carbocycles. The second-order valence-corrected chi connectivity index (χ2v) is 6.52. The van der Waals surface area contributed by atoms with Crippen molar-refractivity contribution in [2.24, 2.45) is 5.92 Å². The lowest BCUT2D eigenvalue weighted by molar-refractivity contribution is -0.164. The summed E-state index contributed by atoms with van der Waals surface area (Å²) in [6.45, 7) is 2.20. The van der Waals surface area contributed by atoms with Gasteiger partial charge in [0.05, 0.1) is 12.3 Å². The van der Waals surface area contributed by atoms with Gasteiger partial charge in [-0.1, -0.05) is 68.4 Å². The molecule has 0 aliphatic carbocycles. The smallest absolute Gasteiger partial charge is 0.389 e. The molecule has 0 fully saturated rings. The van der Waals surface area contributed by atoms with Crippen molar-refractivity contribution in [1.82, 2.24) is 0 Å². The van der Waals surface area contributed by atoms with Gasteiger partial charge in [-0.2, -0.15) is 13.2 Å². The van der Waals surface area contributed by atoms with Gasteiger partial charge >= 0.3 is 12.1 Å². The lowest BCUT2D eigenvalue weighted by Crippen LogP contribution is -2.22. The highest BCUT2D eigenvalue weighted by Gasteiger charge is 2.34. The fraction of sp³-hybridized carbons (Fsp3) is 0.591. The molecule has 0 aliphatic heterocycles. The Hall–Kier alpha value is -1.78. The van der Waals surface area contributed by atoms with Crippen LogP contribution in [-0.4, -0.2) is 17.3 Å². The highest BCUT2D eigenvalue weighted by atomic mass is 19.4. The van der Waals surface area contributed by atoms with Crippen LogP contribution in [0.15, 0.2) is 48.6 Å². The second kappa shape index (κ2) is 16.4. The van der Waals surface area contributed by atoms with Gasteiger partial charge in [-0.15, -0.1) is 0 Å². The van der Waals surface area contributed by atoms with Crippen LogP contribution in [0.25, 0.3) is 0 Å². The maximum Gasteiger partial charge on any atom is 0.389 e. The number of allylic oxidation sites excluding steroid dienone is 8. The van der Waals surface area contributed by atoms with Crippen LogP contribution < -0.4 is 0 Å². The molecule has 154 valence electrons. The van der Waals surface area contributed by atoms with E-state index < -0.39 is 24.5 Å². The summed E-state index contributed by atoms with van der Waals surface area (Å²) < 4.78 is 36.8. The fourth-order valence-corrected chi connectivity index (χ4v) is 2.45. The van der Waals surface area contributed by atoms with Crippen molar-refractivity contribution in [2.45, 2.75) is 77.3 Å². The minimum absolute atomic E-state index is 0.00373. The van der Waals surface area contributed by atoms with E-state index in [1.807, 2.05) is 18.2 Å². The molecule has 0 bridgehead atoms. The predicted octanol–water partition coefficient (Wildman–Crippen LogP) is 7.40. The maximum atomic E-state index is 12.3. The van der Waals surface area contributed by atoms with E-state index in [0.717, 1.165) is 19.3 Å². The molecular formula is C22H33F3O2. The Morgan fingerprint density at radius 2 is 1.33 bits per heavy atom. The first-order valence-corrected chi connectivity index (χ1v) is 9.76. The number of alkyl halides is 3. The summed E-state index contributed by atoms with van der Waals surface area (Å²) in [4.78, 5) is 10.8. The third-order valence-electron chi connectivity index (χ3n) is 3.97. The fourth-order valence-electron chi connectivity index (χ4n) is 2.45. The third kappa shape index (κ3) is 18.8. The van der Waals surface area contributed by atoms with Crippen molar-refractivity contribution in [1.29, 1.82) is 0 Å². The van der Waals surface area contributed by atoms with Crippen LogP contribution in [0.5, 0.6) is 0 Å². The van der Waals surface area contributed by atoms with Crippen molar-refractivity contribution in [3.63, 3.8) is 0 Å². The predicted molar refractivity (Wildman–Crippen MR) is 106 cm³/mol. The normalized spacial score (nSPS) is 14.2. The minimum atomic E-state index is -4.44. The molecule has 0 heterocycles. The molecular weight excluding hydrogens is 353 g/mol. The van der Waals surface area contributed by atoms with E-state index in [4.69, 9.17) is 5.11 Å². The van der Waals surface area contributed by atoms with Crippen molar-refractivity contribution < 1.29 is 23.1 Å². The highest BCUT2D eigenvalue weighted by molar-refractivity contribution is 5.70. The summed E-state index contributed by atoms with van der Waals surface area (Å²) in [6.07, 6.45) is 18.3. The Labute approximate surface area is 161 Å². The number of hydrogen-bond donors (Lipinski definition) is 1. The molecule has 0 rings (SSSR count). The average Bonchev–Trinajstić information content (AvgIpc) is 2.59. The Kier molecular flexibility index (Phi) is 15.3. The maximum absolute atomic E-state index is 12.3. The quantitative estimate of drug-likeness (QED) is 0.235. The van der Waals surface area contributed by atoms with Crippen molar-refractivity contribution in [3.05, 3.63) is 48.6 Å². The number of hydrogen-bond acceptors (Lipinski definition) is 1. The van der Waals surface area contributed by atoms with E-state index in [-0.39, 0.29) is 6.42 Å². The number of carboxylic acids is 1. The zero-order valence-electron chi connectivity index (χ0n) is 16.3. The molecule has 0 saturated heterocycles. The van der Waals surface area contributed by atoms with Crippen LogP contribution in [0.2, 0.25) is 0 Å². The van der Waals surface area contributed by atoms with Gasteiger partial charge in [0.25, 0.3) is 0 Å². The second-order valence-electron chi connectivity index (χ2n) is 6.52. The molecule has 0 amide bonds. The van der Waals surface area contributed by atoms with E-state index in [9.17, 15) is 18.0 Å². The van der Waals surface area contributed by atoms with Gasteiger partial charge in [-0.05, 0) is 44.9 Å². The Morgan fingerprint density at radius 1 is 0.852 bits per heavy atom. The Morgan fingerprint density at radius 3 is 1.78 bits per heavy atom. The Bertz CT molecular complexity index is 488. The summed E-state index contributed by atoms with van der Waals surface area (Å²) in [7, 11) is 0. The molecule has 0 aromatic rings. The van der Waals surface area contributed by atoms with Gasteiger partial charge in [0.15, 0.2) is 0 Å². The topological polar surface area (TPSA) is 37.3 Å². The van der Waals surface area contributed by atoms with Gasteiger partial charge in [0.1, 0.15) is 0 Å². The summed E-state index contributed by atoms with van der Waals surface area (Å²) in [5.74, 6) is -2.75. The molecule has 27 heavy (non-hydrogen) atoms. The summed E-state index contributed by atoms with van der Waals surface area (Å²) in [6, 6.07) is 0. The zero-order chi connectivity index (χ0) is 20.4. The summed E-state index contributed by atoms with van der Waals surface area (Å²) >= 11 is 0. The van der Waals surface area contributed by atoms with Crippen LogP contribution in [0.3, 0.4) is 0 Å². The van der Waals surface area contributed by atoms with Crippen LogP contribution >= 0.6 is 0 Å². The van der Waals surface area contributed by atoms with Crippen LogP contribution in [0.1, 0.15) is 71.1 Å². The first-order chi connectivity index (χ1) is 12.9. The van der Waals surface area contributed by atoms with E-state index in [1.165, 1.54) is 19.3 Å². The van der Waals surface area contributed by atoms with Crippen molar-refractivity contribution in [2.75, 3.05) is 0 Å². The molecule has 1 N–H and O–H groups in total. The summed E-state index contributed by atoms with van der Waals surface area (Å²) in [5, 5.41) is 8.82. The van der Waals surface area contributed by atoms with Gasteiger partial charge in [0, 0.05) is 0 Å². The summed E-state index contributed by atoms with van der Waals surface area (Å²) in [5.41, 5.74) is 0. The molecule has 0 aromatic heterocycles. The minimum Gasteiger partial charge on any atom is -0.481 e. The van der Waals surface area contributed by atoms with Gasteiger partial charge in [-0.3, -0.25) is 4.79 Å². The van der Waals surface area contributed by atoms with E-state index >= 15 is 0 Å². The molecule has 1 unspecified atom stereocenters. The monoisotopic (exact) mass is 386 g/mol. The standard InChI is InChI=1S/C22H33F3O2/c1-2-3-4-5-6-7-8-9-10-11-12-13-14-15-16-17-18-20(21(26)27)19-22(23,24)25/h6-7,9-10,12-13,15-16,20H,2-5,8,11,14,17-19H2,1H3,(H,26,27)/b7-6-,10-9-,13-12-,16-15-. The van der Waals surface area contributed by atoms with E-state index in [0.29, 0.717) is 12.8 Å². The third-order valence-corrected chi connectivity index (χ3v) is 3.97. The first-order valence-electron chi connectivity index (χ1n) is 9.76. The number of carbonyl (C=O) groups is 1. The van der Waals surface area contributed by atoms with Crippen molar-refractivity contribution in [3.8, 4) is 0 Å². The van der Waals surface area contributed by atoms with Gasteiger partial charge in [0.2, 0.25) is 0 Å². The molecule has 2 nitrogen and oxygen atoms in total. The van der Waals surface area contributed by atoms with Crippen LogP contribution in [0.4, 0.5) is 13.2 Å². The molecule has 1 atom stereocenters. The van der Waals surface area contributed by atoms with Crippen LogP contribution in [-0.2, 0) is 4.79 Å². The molecule has 0 radical (unpaired) electrons. The van der Waals surface area contributed by atoms with Gasteiger partial charge < -0.3 is 5.11 Å². The SMILES string of the molecule is CCCCC/C=C\C/C=C\C/C=C\C/C=C\CCC(CC(F)(F)F)C(=O)O. The average molecular weight is 386 g/mol. The number of rotatable bonds is 15. The van der Waals surface area contributed by atoms with Gasteiger partial charge in [-0.25, -0.2) is 0 Å². The number of aliphatic carboxylic acids is 1. The highest BCUT2D eigenvalue weighted by Crippen LogP contribution is 2.27. The lowest BCUT2D eigenvalue weighted by atomic mass is 9.99. The molecule has 0 aliphatic rings. The number of unbranched alkanes of at least 4 members (excludes halogenated alkanes) is 3. The number of halogens is 3. The zero-order valence-corrected chi connectivity index (χ0v) is 16.3. The lowest BCUT2D eigenvalue weighted by Gasteiger charge is -2.13. The van der Waals surface area contributed by atoms with E-state index in [2.05, 4.69) is 31.2 Å². The molecule has 5 heteroatoms. The van der Waals surface area contributed by atoms with Crippen molar-refractivity contribution >= 4 is 5.97 Å². The Balaban J connectivity index is 3.78.